The zero-order chi connectivity index (χ0) is 20.4. The first kappa shape index (κ1) is 21.4. The number of urea groups is 1. The number of rotatable bonds is 10. The quantitative estimate of drug-likeness (QED) is 0.588. The Hall–Kier alpha value is -2.89. The van der Waals surface area contributed by atoms with E-state index < -0.39 is 0 Å². The molecule has 152 valence electrons. The van der Waals surface area contributed by atoms with Gasteiger partial charge in [0.1, 0.15) is 5.75 Å². The van der Waals surface area contributed by atoms with Gasteiger partial charge < -0.3 is 24.8 Å². The fourth-order valence-electron chi connectivity index (χ4n) is 2.72. The topological polar surface area (TPSA) is 68.8 Å². The number of methoxy groups -OCH3 is 2. The highest BCUT2D eigenvalue weighted by Gasteiger charge is 2.07. The zero-order valence-corrected chi connectivity index (χ0v) is 17.1. The van der Waals surface area contributed by atoms with E-state index in [1.807, 2.05) is 43.3 Å². The molecular weight excluding hydrogens is 356 g/mol. The molecule has 0 saturated heterocycles. The summed E-state index contributed by atoms with van der Waals surface area (Å²) in [5, 5.41) is 5.76. The Morgan fingerprint density at radius 1 is 1.04 bits per heavy atom. The first-order chi connectivity index (χ1) is 13.6. The van der Waals surface area contributed by atoms with E-state index in [-0.39, 0.29) is 6.03 Å². The van der Waals surface area contributed by atoms with Gasteiger partial charge in [-0.3, -0.25) is 0 Å². The fourth-order valence-corrected chi connectivity index (χ4v) is 2.72. The molecule has 0 radical (unpaired) electrons. The van der Waals surface area contributed by atoms with E-state index in [0.717, 1.165) is 35.4 Å². The molecule has 0 aliphatic rings. The van der Waals surface area contributed by atoms with Crippen LogP contribution in [0.2, 0.25) is 0 Å². The lowest BCUT2D eigenvalue weighted by molar-refractivity contribution is 0.252. The normalized spacial score (nSPS) is 10.3. The Bertz CT molecular complexity index is 777. The molecule has 0 aromatic heterocycles. The maximum atomic E-state index is 12.2. The van der Waals surface area contributed by atoms with Crippen molar-refractivity contribution in [1.29, 1.82) is 0 Å². The van der Waals surface area contributed by atoms with E-state index in [1.54, 1.807) is 14.2 Å². The van der Waals surface area contributed by atoms with Crippen LogP contribution in [0.15, 0.2) is 36.4 Å². The maximum Gasteiger partial charge on any atom is 0.319 e. The molecule has 6 heteroatoms. The summed E-state index contributed by atoms with van der Waals surface area (Å²) in [4.78, 5) is 12.2. The van der Waals surface area contributed by atoms with Gasteiger partial charge in [-0.1, -0.05) is 19.4 Å². The van der Waals surface area contributed by atoms with Crippen molar-refractivity contribution in [3.63, 3.8) is 0 Å². The molecule has 2 N–H and O–H groups in total. The minimum atomic E-state index is -0.233. The number of amides is 2. The van der Waals surface area contributed by atoms with E-state index in [9.17, 15) is 4.79 Å². The van der Waals surface area contributed by atoms with Gasteiger partial charge in [0.2, 0.25) is 0 Å². The number of benzene rings is 2. The first-order valence-electron chi connectivity index (χ1n) is 9.56. The van der Waals surface area contributed by atoms with Crippen LogP contribution in [0.1, 0.15) is 30.9 Å². The molecule has 0 spiro atoms. The Labute approximate surface area is 167 Å². The number of hydrogen-bond acceptors (Lipinski definition) is 4. The van der Waals surface area contributed by atoms with Gasteiger partial charge in [0, 0.05) is 12.2 Å². The average Bonchev–Trinajstić information content (AvgIpc) is 2.70. The van der Waals surface area contributed by atoms with Gasteiger partial charge in [0.25, 0.3) is 0 Å². The third-order valence-corrected chi connectivity index (χ3v) is 4.36. The molecule has 0 fully saturated rings. The Morgan fingerprint density at radius 2 is 1.82 bits per heavy atom. The smallest absolute Gasteiger partial charge is 0.319 e. The monoisotopic (exact) mass is 386 g/mol. The van der Waals surface area contributed by atoms with Crippen LogP contribution in [0.4, 0.5) is 10.5 Å². The van der Waals surface area contributed by atoms with Crippen molar-refractivity contribution in [1.82, 2.24) is 5.32 Å². The second-order valence-electron chi connectivity index (χ2n) is 6.50. The van der Waals surface area contributed by atoms with Gasteiger partial charge >= 0.3 is 6.03 Å². The predicted octanol–water partition coefficient (Wildman–Crippen LogP) is 4.56. The number of carbonyl (C=O) groups is 1. The molecule has 0 aliphatic carbocycles. The number of carbonyl (C=O) groups excluding carboxylic acids is 1. The van der Waals surface area contributed by atoms with Crippen LogP contribution >= 0.6 is 0 Å². The van der Waals surface area contributed by atoms with Crippen molar-refractivity contribution < 1.29 is 19.0 Å². The molecule has 2 aromatic rings. The van der Waals surface area contributed by atoms with Crippen molar-refractivity contribution in [2.24, 2.45) is 0 Å². The van der Waals surface area contributed by atoms with Crippen LogP contribution in [-0.2, 0) is 6.42 Å². The summed E-state index contributed by atoms with van der Waals surface area (Å²) >= 11 is 0. The molecule has 2 aromatic carbocycles. The van der Waals surface area contributed by atoms with Crippen molar-refractivity contribution >= 4 is 11.7 Å². The van der Waals surface area contributed by atoms with Crippen LogP contribution in [-0.4, -0.2) is 33.4 Å². The van der Waals surface area contributed by atoms with Crippen molar-refractivity contribution in [2.45, 2.75) is 33.1 Å². The molecule has 28 heavy (non-hydrogen) atoms. The minimum absolute atomic E-state index is 0.233. The lowest BCUT2D eigenvalue weighted by Gasteiger charge is -2.13. The van der Waals surface area contributed by atoms with E-state index in [4.69, 9.17) is 14.2 Å². The molecule has 2 rings (SSSR count). The number of ether oxygens (including phenoxy) is 3. The lowest BCUT2D eigenvalue weighted by atomic mass is 10.1. The van der Waals surface area contributed by atoms with Crippen molar-refractivity contribution in [3.05, 3.63) is 47.5 Å². The molecule has 0 saturated carbocycles. The molecule has 0 heterocycles. The Morgan fingerprint density at radius 3 is 2.50 bits per heavy atom. The number of nitrogens with one attached hydrogen (secondary N) is 2. The minimum Gasteiger partial charge on any atom is -0.494 e. The van der Waals surface area contributed by atoms with E-state index in [2.05, 4.69) is 17.6 Å². The second kappa shape index (κ2) is 11.1. The summed E-state index contributed by atoms with van der Waals surface area (Å²) in [7, 11) is 3.21. The SMILES string of the molecule is CCCCOc1ccc(NC(=O)NCCc2ccc(OC)c(OC)c2)c(C)c1. The van der Waals surface area contributed by atoms with Crippen LogP contribution in [0.3, 0.4) is 0 Å². The highest BCUT2D eigenvalue weighted by Crippen LogP contribution is 2.27. The van der Waals surface area contributed by atoms with Crippen molar-refractivity contribution in [3.8, 4) is 17.2 Å². The third kappa shape index (κ3) is 6.37. The third-order valence-electron chi connectivity index (χ3n) is 4.36. The standard InChI is InChI=1S/C22H30N2O4/c1-5-6-13-28-18-8-9-19(16(2)14-18)24-22(25)23-12-11-17-7-10-20(26-3)21(15-17)27-4/h7-10,14-15H,5-6,11-13H2,1-4H3,(H2,23,24,25). The molecule has 0 bridgehead atoms. The number of anilines is 1. The highest BCUT2D eigenvalue weighted by molar-refractivity contribution is 5.90. The number of aryl methyl sites for hydroxylation is 1. The molecule has 6 nitrogen and oxygen atoms in total. The summed E-state index contributed by atoms with van der Waals surface area (Å²) < 4.78 is 16.2. The zero-order valence-electron chi connectivity index (χ0n) is 17.1. The van der Waals surface area contributed by atoms with Gasteiger partial charge in [0.05, 0.1) is 20.8 Å². The van der Waals surface area contributed by atoms with Crippen LogP contribution < -0.4 is 24.8 Å². The van der Waals surface area contributed by atoms with Crippen LogP contribution in [0.25, 0.3) is 0 Å². The summed E-state index contributed by atoms with van der Waals surface area (Å²) in [5.74, 6) is 2.20. The predicted molar refractivity (Wildman–Crippen MR) is 112 cm³/mol. The Balaban J connectivity index is 1.82. The van der Waals surface area contributed by atoms with Gasteiger partial charge in [-0.05, 0) is 61.2 Å². The summed E-state index contributed by atoms with van der Waals surface area (Å²) in [6, 6.07) is 11.2. The number of hydrogen-bond donors (Lipinski definition) is 2. The molecular formula is C22H30N2O4. The second-order valence-corrected chi connectivity index (χ2v) is 6.50. The Kier molecular flexibility index (Phi) is 8.46. The van der Waals surface area contributed by atoms with Gasteiger partial charge in [-0.15, -0.1) is 0 Å². The number of unbranched alkanes of at least 4 members (excludes halogenated alkanes) is 1. The largest absolute Gasteiger partial charge is 0.494 e. The average molecular weight is 386 g/mol. The highest BCUT2D eigenvalue weighted by atomic mass is 16.5. The maximum absolute atomic E-state index is 12.2. The van der Waals surface area contributed by atoms with Crippen LogP contribution in [0, 0.1) is 6.92 Å². The first-order valence-corrected chi connectivity index (χ1v) is 9.56. The molecule has 0 unspecified atom stereocenters. The van der Waals surface area contributed by atoms with Gasteiger partial charge in [-0.2, -0.15) is 0 Å². The van der Waals surface area contributed by atoms with E-state index in [0.29, 0.717) is 31.1 Å². The summed E-state index contributed by atoms with van der Waals surface area (Å²) in [6.45, 7) is 5.30. The fraction of sp³-hybridized carbons (Fsp3) is 0.409. The van der Waals surface area contributed by atoms with E-state index in [1.165, 1.54) is 0 Å². The molecule has 2 amide bonds. The van der Waals surface area contributed by atoms with E-state index >= 15 is 0 Å². The van der Waals surface area contributed by atoms with Crippen molar-refractivity contribution in [2.75, 3.05) is 32.7 Å². The lowest BCUT2D eigenvalue weighted by Crippen LogP contribution is -2.30. The van der Waals surface area contributed by atoms with Gasteiger partial charge in [-0.25, -0.2) is 4.79 Å². The summed E-state index contributed by atoms with van der Waals surface area (Å²) in [6.07, 6.45) is 2.82. The summed E-state index contributed by atoms with van der Waals surface area (Å²) in [5.41, 5.74) is 2.79. The molecule has 0 aliphatic heterocycles. The molecule has 0 atom stereocenters. The van der Waals surface area contributed by atoms with Crippen LogP contribution in [0.5, 0.6) is 17.2 Å². The van der Waals surface area contributed by atoms with Gasteiger partial charge in [0.15, 0.2) is 11.5 Å².